The van der Waals surface area contributed by atoms with Crippen LogP contribution in [0.15, 0.2) is 53.4 Å². The molecule has 0 unspecified atom stereocenters. The molecule has 0 aliphatic heterocycles. The van der Waals surface area contributed by atoms with Gasteiger partial charge >= 0.3 is 0 Å². The summed E-state index contributed by atoms with van der Waals surface area (Å²) in [5.41, 5.74) is 3.90. The van der Waals surface area contributed by atoms with Gasteiger partial charge in [-0.3, -0.25) is 20.4 Å². The zero-order valence-electron chi connectivity index (χ0n) is 15.0. The summed E-state index contributed by atoms with van der Waals surface area (Å²) in [6.07, 6.45) is 0. The number of carbonyl (C=O) groups excluding carboxylic acids is 2. The van der Waals surface area contributed by atoms with Gasteiger partial charge in [-0.1, -0.05) is 6.07 Å². The van der Waals surface area contributed by atoms with Crippen molar-refractivity contribution in [1.82, 2.24) is 15.6 Å². The predicted octanol–water partition coefficient (Wildman–Crippen LogP) is 1.98. The number of carbonyl (C=O) groups is 2. The number of nitrogens with one attached hydrogen (secondary N) is 3. The molecule has 0 spiro atoms. The van der Waals surface area contributed by atoms with Crippen molar-refractivity contribution in [3.8, 4) is 0 Å². The van der Waals surface area contributed by atoms with E-state index in [1.165, 1.54) is 36.4 Å². The molecule has 3 N–H and O–H groups in total. The smallest absolute Gasteiger partial charge is 0.267 e. The highest BCUT2D eigenvalue weighted by Gasteiger charge is 2.22. The van der Waals surface area contributed by atoms with Gasteiger partial charge in [-0.25, -0.2) is 17.5 Å². The van der Waals surface area contributed by atoms with E-state index in [1.54, 1.807) is 20.8 Å². The number of halogens is 1. The number of sulfonamides is 1. The van der Waals surface area contributed by atoms with Gasteiger partial charge < -0.3 is 0 Å². The molecule has 144 valence electrons. The quantitative estimate of drug-likeness (QED) is 0.691. The second kappa shape index (κ2) is 7.85. The molecule has 0 radical (unpaired) electrons. The number of hydrazine groups is 1. The van der Waals surface area contributed by atoms with Crippen molar-refractivity contribution in [2.45, 2.75) is 31.2 Å². The van der Waals surface area contributed by atoms with Crippen LogP contribution in [0.25, 0.3) is 0 Å². The summed E-state index contributed by atoms with van der Waals surface area (Å²) in [6, 6.07) is 10.2. The minimum Gasteiger partial charge on any atom is -0.267 e. The maximum absolute atomic E-state index is 12.9. The summed E-state index contributed by atoms with van der Waals surface area (Å²) in [5, 5.41) is 0. The van der Waals surface area contributed by atoms with Crippen LogP contribution in [0.1, 0.15) is 41.5 Å². The molecule has 0 saturated carbocycles. The number of amides is 2. The molecule has 0 bridgehead atoms. The Bertz CT molecular complexity index is 951. The van der Waals surface area contributed by atoms with Crippen LogP contribution in [0.5, 0.6) is 0 Å². The second-order valence-electron chi connectivity index (χ2n) is 6.80. The minimum atomic E-state index is -3.81. The standard InChI is InChI=1S/C18H20FN3O4S/c1-18(2,3)22-27(25,26)15-6-4-5-13(11-15)17(24)21-20-16(23)12-7-9-14(19)10-8-12/h4-11,22H,1-3H3,(H,20,23)(H,21,24). The minimum absolute atomic E-state index is 0.0474. The number of benzene rings is 2. The Kier molecular flexibility index (Phi) is 5.97. The molecule has 2 amide bonds. The first-order valence-electron chi connectivity index (χ1n) is 7.98. The first-order valence-corrected chi connectivity index (χ1v) is 9.46. The molecule has 2 aromatic carbocycles. The lowest BCUT2D eigenvalue weighted by atomic mass is 10.1. The van der Waals surface area contributed by atoms with E-state index in [2.05, 4.69) is 15.6 Å². The largest absolute Gasteiger partial charge is 0.269 e. The van der Waals surface area contributed by atoms with E-state index >= 15 is 0 Å². The van der Waals surface area contributed by atoms with Gasteiger partial charge in [0.25, 0.3) is 11.8 Å². The topological polar surface area (TPSA) is 104 Å². The van der Waals surface area contributed by atoms with Crippen molar-refractivity contribution >= 4 is 21.8 Å². The van der Waals surface area contributed by atoms with Gasteiger partial charge in [-0.2, -0.15) is 0 Å². The Morgan fingerprint density at radius 1 is 0.889 bits per heavy atom. The molecule has 0 heterocycles. The van der Waals surface area contributed by atoms with Gasteiger partial charge in [0, 0.05) is 16.7 Å². The molecule has 0 saturated heterocycles. The monoisotopic (exact) mass is 393 g/mol. The van der Waals surface area contributed by atoms with Crippen molar-refractivity contribution in [3.05, 3.63) is 65.5 Å². The zero-order chi connectivity index (χ0) is 20.2. The molecule has 0 fully saturated rings. The Morgan fingerprint density at radius 2 is 1.44 bits per heavy atom. The third kappa shape index (κ3) is 5.87. The fourth-order valence-corrected chi connectivity index (χ4v) is 3.59. The molecule has 2 aromatic rings. The Labute approximate surface area is 157 Å². The SMILES string of the molecule is CC(C)(C)NS(=O)(=O)c1cccc(C(=O)NNC(=O)c2ccc(F)cc2)c1. The van der Waals surface area contributed by atoms with Crippen LogP contribution in [0.2, 0.25) is 0 Å². The fraction of sp³-hybridized carbons (Fsp3) is 0.222. The Morgan fingerprint density at radius 3 is 2.00 bits per heavy atom. The van der Waals surface area contributed by atoms with E-state index in [0.29, 0.717) is 0 Å². The molecule has 0 aliphatic carbocycles. The number of hydrogen-bond donors (Lipinski definition) is 3. The number of hydrogen-bond acceptors (Lipinski definition) is 4. The molecule has 2 rings (SSSR count). The normalized spacial score (nSPS) is 11.7. The van der Waals surface area contributed by atoms with Gasteiger partial charge in [0.05, 0.1) is 4.90 Å². The summed E-state index contributed by atoms with van der Waals surface area (Å²) < 4.78 is 40.1. The van der Waals surface area contributed by atoms with Crippen molar-refractivity contribution in [3.63, 3.8) is 0 Å². The lowest BCUT2D eigenvalue weighted by molar-refractivity contribution is 0.0846. The summed E-state index contributed by atoms with van der Waals surface area (Å²) in [7, 11) is -3.81. The van der Waals surface area contributed by atoms with Crippen LogP contribution in [0, 0.1) is 5.82 Å². The maximum Gasteiger partial charge on any atom is 0.269 e. The predicted molar refractivity (Wildman–Crippen MR) is 97.8 cm³/mol. The Balaban J connectivity index is 2.09. The lowest BCUT2D eigenvalue weighted by Crippen LogP contribution is -2.42. The maximum atomic E-state index is 12.9. The van der Waals surface area contributed by atoms with E-state index in [-0.39, 0.29) is 16.0 Å². The molecule has 0 aromatic heterocycles. The molecule has 7 nitrogen and oxygen atoms in total. The second-order valence-corrected chi connectivity index (χ2v) is 8.48. The van der Waals surface area contributed by atoms with Crippen LogP contribution in [-0.4, -0.2) is 25.8 Å². The van der Waals surface area contributed by atoms with Crippen LogP contribution in [-0.2, 0) is 10.0 Å². The third-order valence-electron chi connectivity index (χ3n) is 3.24. The van der Waals surface area contributed by atoms with Crippen molar-refractivity contribution in [1.29, 1.82) is 0 Å². The summed E-state index contributed by atoms with van der Waals surface area (Å²) in [6.45, 7) is 5.10. The van der Waals surface area contributed by atoms with Crippen molar-refractivity contribution in [2.75, 3.05) is 0 Å². The summed E-state index contributed by atoms with van der Waals surface area (Å²) in [4.78, 5) is 24.0. The van der Waals surface area contributed by atoms with Crippen LogP contribution >= 0.6 is 0 Å². The van der Waals surface area contributed by atoms with Crippen LogP contribution in [0.4, 0.5) is 4.39 Å². The molecular formula is C18H20FN3O4S. The van der Waals surface area contributed by atoms with Gasteiger partial charge in [0.15, 0.2) is 0 Å². The fourth-order valence-electron chi connectivity index (χ4n) is 2.13. The van der Waals surface area contributed by atoms with E-state index in [4.69, 9.17) is 0 Å². The highest BCUT2D eigenvalue weighted by molar-refractivity contribution is 7.89. The summed E-state index contributed by atoms with van der Waals surface area (Å²) >= 11 is 0. The van der Waals surface area contributed by atoms with Gasteiger partial charge in [-0.05, 0) is 63.2 Å². The van der Waals surface area contributed by atoms with Crippen LogP contribution < -0.4 is 15.6 Å². The van der Waals surface area contributed by atoms with E-state index in [0.717, 1.165) is 12.1 Å². The van der Waals surface area contributed by atoms with Crippen molar-refractivity contribution in [2.24, 2.45) is 0 Å². The molecule has 0 atom stereocenters. The zero-order valence-corrected chi connectivity index (χ0v) is 15.9. The highest BCUT2D eigenvalue weighted by atomic mass is 32.2. The van der Waals surface area contributed by atoms with E-state index in [9.17, 15) is 22.4 Å². The van der Waals surface area contributed by atoms with Gasteiger partial charge in [-0.15, -0.1) is 0 Å². The Hall–Kier alpha value is -2.78. The lowest BCUT2D eigenvalue weighted by Gasteiger charge is -2.20. The number of rotatable bonds is 4. The van der Waals surface area contributed by atoms with E-state index in [1.807, 2.05) is 0 Å². The first kappa shape index (κ1) is 20.5. The summed E-state index contributed by atoms with van der Waals surface area (Å²) in [5.74, 6) is -1.82. The van der Waals surface area contributed by atoms with Crippen molar-refractivity contribution < 1.29 is 22.4 Å². The van der Waals surface area contributed by atoms with Gasteiger partial charge in [0.1, 0.15) is 5.82 Å². The molecular weight excluding hydrogens is 373 g/mol. The molecule has 0 aliphatic rings. The van der Waals surface area contributed by atoms with E-state index < -0.39 is 33.2 Å². The molecule has 27 heavy (non-hydrogen) atoms. The average Bonchev–Trinajstić information content (AvgIpc) is 2.58. The molecule has 9 heteroatoms. The first-order chi connectivity index (χ1) is 12.5. The average molecular weight is 393 g/mol. The van der Waals surface area contributed by atoms with Gasteiger partial charge in [0.2, 0.25) is 10.0 Å². The third-order valence-corrected chi connectivity index (χ3v) is 5.00. The highest BCUT2D eigenvalue weighted by Crippen LogP contribution is 2.14. The van der Waals surface area contributed by atoms with Crippen LogP contribution in [0.3, 0.4) is 0 Å².